The molecule has 47 heavy (non-hydrogen) atoms. The summed E-state index contributed by atoms with van der Waals surface area (Å²) in [7, 11) is 0. The molecule has 1 fully saturated rings. The minimum Gasteiger partial charge on any atom is -0.459 e. The number of nitrogens with one attached hydrogen (secondary N) is 1. The lowest BCUT2D eigenvalue weighted by atomic mass is 9.94. The number of nitrogens with two attached hydrogens (primary N) is 1. The molecule has 1 unspecified atom stereocenters. The van der Waals surface area contributed by atoms with E-state index in [1.165, 1.54) is 18.7 Å². The molecule has 1 aromatic heterocycles. The van der Waals surface area contributed by atoms with Gasteiger partial charge in [0, 0.05) is 0 Å². The van der Waals surface area contributed by atoms with Crippen molar-refractivity contribution in [3.8, 4) is 0 Å². The molecule has 2 aliphatic rings. The molecule has 0 spiro atoms. The number of hydrogen-bond acceptors (Lipinski definition) is 13. The maximum atomic E-state index is 13.7. The van der Waals surface area contributed by atoms with Crippen LogP contribution in [0.1, 0.15) is 44.9 Å². The number of benzene rings is 3. The Morgan fingerprint density at radius 1 is 0.915 bits per heavy atom. The maximum absolute atomic E-state index is 13.7. The fourth-order valence-corrected chi connectivity index (χ4v) is 6.57. The third-order valence-electron chi connectivity index (χ3n) is 7.73. The molecule has 1 saturated heterocycles. The number of carbonyl (C=O) groups excluding carboxylic acids is 3. The monoisotopic (exact) mass is 658 g/mol. The van der Waals surface area contributed by atoms with Crippen LogP contribution >= 0.6 is 11.8 Å². The van der Waals surface area contributed by atoms with E-state index in [0.717, 1.165) is 11.8 Å². The average Bonchev–Trinajstić information content (AvgIpc) is 3.48. The number of anilines is 2. The molecule has 2 aliphatic heterocycles. The number of nitrogen functional groups attached to an aromatic ring is 1. The summed E-state index contributed by atoms with van der Waals surface area (Å²) in [4.78, 5) is 60.9. The Balaban J connectivity index is 1.44. The highest BCUT2D eigenvalue weighted by Crippen LogP contribution is 2.52. The zero-order chi connectivity index (χ0) is 33.3. The van der Waals surface area contributed by atoms with Crippen LogP contribution < -0.4 is 16.2 Å². The summed E-state index contributed by atoms with van der Waals surface area (Å²) in [6.07, 6.45) is -4.11. The molecule has 4 aromatic rings. The molecule has 0 saturated carbocycles. The number of fused-ring (bicyclic) bond motifs is 1. The van der Waals surface area contributed by atoms with Gasteiger partial charge >= 0.3 is 17.9 Å². The van der Waals surface area contributed by atoms with Crippen LogP contribution in [0.4, 0.5) is 11.8 Å². The second kappa shape index (κ2) is 12.5. The van der Waals surface area contributed by atoms with Crippen molar-refractivity contribution in [2.45, 2.75) is 47.8 Å². The van der Waals surface area contributed by atoms with Gasteiger partial charge in [-0.05, 0) is 50.2 Å². The van der Waals surface area contributed by atoms with Gasteiger partial charge in [-0.15, -0.1) is 0 Å². The van der Waals surface area contributed by atoms with E-state index < -0.39 is 59.2 Å². The Morgan fingerprint density at radius 2 is 1.45 bits per heavy atom. The number of ether oxygens (including phenoxy) is 4. The second-order valence-electron chi connectivity index (χ2n) is 11.1. The number of H-pyrrole nitrogens is 1. The van der Waals surface area contributed by atoms with Crippen LogP contribution in [0.3, 0.4) is 0 Å². The Hall–Kier alpha value is -5.18. The SMILES string of the molecule is CC1(O)Sc2c(nc(N)[nH]c2=O)N1[C@@H]1O[C@H](COC(=O)c2ccccc2)[C@@H](OC(=O)c2ccccc2)[C@@]1(C)OC(=O)c1ccccc1. The summed E-state index contributed by atoms with van der Waals surface area (Å²) in [5.41, 5.74) is 4.02. The van der Waals surface area contributed by atoms with Crippen molar-refractivity contribution in [2.75, 3.05) is 17.2 Å². The molecule has 3 heterocycles. The van der Waals surface area contributed by atoms with Gasteiger partial charge in [-0.1, -0.05) is 66.4 Å². The summed E-state index contributed by atoms with van der Waals surface area (Å²) < 4.78 is 24.2. The van der Waals surface area contributed by atoms with Gasteiger partial charge in [-0.2, -0.15) is 4.98 Å². The Morgan fingerprint density at radius 3 is 2.02 bits per heavy atom. The number of rotatable bonds is 8. The molecule has 0 bridgehead atoms. The molecule has 0 aliphatic carbocycles. The first-order valence-electron chi connectivity index (χ1n) is 14.5. The van der Waals surface area contributed by atoms with Crippen molar-refractivity contribution in [3.63, 3.8) is 0 Å². The van der Waals surface area contributed by atoms with Crippen molar-refractivity contribution in [1.29, 1.82) is 0 Å². The highest BCUT2D eigenvalue weighted by atomic mass is 32.2. The fraction of sp³-hybridized carbons (Fsp3) is 0.242. The number of esters is 3. The number of carbonyl (C=O) groups is 3. The Labute approximate surface area is 272 Å². The van der Waals surface area contributed by atoms with Crippen LogP contribution in [0.2, 0.25) is 0 Å². The molecule has 6 rings (SSSR count). The minimum absolute atomic E-state index is 0.0290. The Bertz CT molecular complexity index is 1860. The molecule has 0 radical (unpaired) electrons. The molecule has 5 atom stereocenters. The Kier molecular flexibility index (Phi) is 8.49. The van der Waals surface area contributed by atoms with E-state index in [2.05, 4.69) is 9.97 Å². The standard InChI is InChI=1S/C33H30N4O9S/c1-32(46-29(41)21-16-10-5-11-17-21)24(45-28(40)20-14-8-4-9-15-20)22(18-43-27(39)19-12-6-3-7-13-19)44-30(32)37-25-23(47-33(37,2)42)26(38)36-31(34)35-25/h3-17,22,24,30,42H,18H2,1-2H3,(H3,34,35,36,38)/t22-,24-,30-,32-,33?/m1/s1. The summed E-state index contributed by atoms with van der Waals surface area (Å²) in [5, 5.41) is 9.78. The number of nitrogens with zero attached hydrogens (tertiary/aromatic N) is 2. The average molecular weight is 659 g/mol. The van der Waals surface area contributed by atoms with E-state index in [1.807, 2.05) is 0 Å². The van der Waals surface area contributed by atoms with Gasteiger partial charge in [-0.25, -0.2) is 14.4 Å². The zero-order valence-electron chi connectivity index (χ0n) is 25.2. The van der Waals surface area contributed by atoms with E-state index in [9.17, 15) is 24.3 Å². The van der Waals surface area contributed by atoms with Gasteiger partial charge in [0.1, 0.15) is 17.6 Å². The van der Waals surface area contributed by atoms with E-state index in [4.69, 9.17) is 24.7 Å². The predicted octanol–water partition coefficient (Wildman–Crippen LogP) is 3.35. The van der Waals surface area contributed by atoms with Crippen molar-refractivity contribution >= 4 is 41.4 Å². The van der Waals surface area contributed by atoms with Crippen LogP contribution in [-0.2, 0) is 18.9 Å². The first-order chi connectivity index (χ1) is 22.5. The lowest BCUT2D eigenvalue weighted by molar-refractivity contribution is -0.0952. The van der Waals surface area contributed by atoms with Gasteiger partial charge in [0.2, 0.25) is 5.95 Å². The highest BCUT2D eigenvalue weighted by Gasteiger charge is 2.65. The van der Waals surface area contributed by atoms with Gasteiger partial charge in [-0.3, -0.25) is 14.7 Å². The van der Waals surface area contributed by atoms with Crippen molar-refractivity contribution in [1.82, 2.24) is 9.97 Å². The van der Waals surface area contributed by atoms with E-state index >= 15 is 0 Å². The van der Waals surface area contributed by atoms with Gasteiger partial charge < -0.3 is 29.8 Å². The van der Waals surface area contributed by atoms with Crippen molar-refractivity contribution in [2.24, 2.45) is 0 Å². The molecule has 4 N–H and O–H groups in total. The summed E-state index contributed by atoms with van der Waals surface area (Å²) in [6.45, 7) is 2.41. The lowest BCUT2D eigenvalue weighted by Gasteiger charge is -2.42. The number of thioether (sulfide) groups is 1. The second-order valence-corrected chi connectivity index (χ2v) is 12.5. The zero-order valence-corrected chi connectivity index (χ0v) is 26.0. The van der Waals surface area contributed by atoms with Gasteiger partial charge in [0.05, 0.1) is 16.7 Å². The van der Waals surface area contributed by atoms with Crippen LogP contribution in [0.5, 0.6) is 0 Å². The fourth-order valence-electron chi connectivity index (χ4n) is 5.52. The van der Waals surface area contributed by atoms with E-state index in [1.54, 1.807) is 91.0 Å². The molecular weight excluding hydrogens is 628 g/mol. The molecule has 13 nitrogen and oxygen atoms in total. The quantitative estimate of drug-likeness (QED) is 0.185. The van der Waals surface area contributed by atoms with Crippen LogP contribution in [0.15, 0.2) is 101 Å². The van der Waals surface area contributed by atoms with Crippen LogP contribution in [-0.4, -0.2) is 68.7 Å². The lowest BCUT2D eigenvalue weighted by Crippen LogP contribution is -2.61. The van der Waals surface area contributed by atoms with Crippen molar-refractivity contribution < 1.29 is 38.4 Å². The first-order valence-corrected chi connectivity index (χ1v) is 15.3. The first kappa shape index (κ1) is 31.8. The summed E-state index contributed by atoms with van der Waals surface area (Å²) in [6, 6.07) is 24.5. The van der Waals surface area contributed by atoms with E-state index in [0.29, 0.717) is 0 Å². The highest BCUT2D eigenvalue weighted by molar-refractivity contribution is 8.01. The predicted molar refractivity (Wildman–Crippen MR) is 170 cm³/mol. The van der Waals surface area contributed by atoms with Crippen LogP contribution in [0.25, 0.3) is 0 Å². The number of aliphatic hydroxyl groups is 1. The molecule has 14 heteroatoms. The minimum atomic E-state index is -1.91. The normalized spacial score (nSPS) is 24.7. The van der Waals surface area contributed by atoms with Gasteiger partial charge in [0.25, 0.3) is 5.56 Å². The van der Waals surface area contributed by atoms with Crippen LogP contribution in [0, 0.1) is 0 Å². The summed E-state index contributed by atoms with van der Waals surface area (Å²) in [5.74, 6) is -2.54. The van der Waals surface area contributed by atoms with E-state index in [-0.39, 0.29) is 33.4 Å². The molecular formula is C33H30N4O9S. The topological polar surface area (TPSA) is 183 Å². The largest absolute Gasteiger partial charge is 0.459 e. The third kappa shape index (κ3) is 6.17. The third-order valence-corrected chi connectivity index (χ3v) is 8.89. The number of hydrogen-bond donors (Lipinski definition) is 3. The van der Waals surface area contributed by atoms with Gasteiger partial charge in [0.15, 0.2) is 28.8 Å². The van der Waals surface area contributed by atoms with Crippen molar-refractivity contribution in [3.05, 3.63) is 118 Å². The maximum Gasteiger partial charge on any atom is 0.338 e. The molecule has 0 amide bonds. The molecule has 242 valence electrons. The summed E-state index contributed by atoms with van der Waals surface area (Å²) >= 11 is 0.774. The number of aromatic nitrogens is 2. The molecule has 3 aromatic carbocycles. The smallest absolute Gasteiger partial charge is 0.338 e. The number of aromatic amines is 1.